The number of rotatable bonds is 6. The number of amides is 1. The van der Waals surface area contributed by atoms with Crippen molar-refractivity contribution in [3.8, 4) is 11.5 Å². The lowest BCUT2D eigenvalue weighted by Crippen LogP contribution is -2.27. The monoisotopic (exact) mass is 383 g/mol. The summed E-state index contributed by atoms with van der Waals surface area (Å²) in [6.45, 7) is 5.40. The summed E-state index contributed by atoms with van der Waals surface area (Å²) in [5.74, 6) is 0.837. The predicted octanol–water partition coefficient (Wildman–Crippen LogP) is 4.48. The Labute approximate surface area is 165 Å². The highest BCUT2D eigenvalue weighted by molar-refractivity contribution is 6.03. The molecule has 0 radical (unpaired) electrons. The van der Waals surface area contributed by atoms with Gasteiger partial charge >= 0.3 is 6.09 Å². The molecule has 7 heteroatoms. The molecule has 1 aromatic heterocycles. The van der Waals surface area contributed by atoms with Crippen molar-refractivity contribution in [2.24, 2.45) is 0 Å². The van der Waals surface area contributed by atoms with Crippen LogP contribution in [0.15, 0.2) is 54.9 Å². The van der Waals surface area contributed by atoms with Gasteiger partial charge in [0.2, 0.25) is 5.78 Å². The fourth-order valence-electron chi connectivity index (χ4n) is 2.08. The van der Waals surface area contributed by atoms with Crippen LogP contribution < -0.4 is 10.1 Å². The van der Waals surface area contributed by atoms with Crippen molar-refractivity contribution in [2.45, 2.75) is 26.4 Å². The maximum Gasteiger partial charge on any atom is 0.412 e. The van der Waals surface area contributed by atoms with Crippen LogP contribution in [0.3, 0.4) is 0 Å². The molecule has 0 fully saturated rings. The van der Waals surface area contributed by atoms with Gasteiger partial charge in [-0.3, -0.25) is 15.1 Å². The van der Waals surface area contributed by atoms with Crippen LogP contribution in [0.1, 0.15) is 31.3 Å². The first-order valence-corrected chi connectivity index (χ1v) is 8.75. The second kappa shape index (κ2) is 9.03. The molecule has 28 heavy (non-hydrogen) atoms. The molecule has 0 unspecified atom stereocenters. The van der Waals surface area contributed by atoms with Crippen molar-refractivity contribution in [3.05, 3.63) is 60.6 Å². The lowest BCUT2D eigenvalue weighted by Gasteiger charge is -2.19. The summed E-state index contributed by atoms with van der Waals surface area (Å²) in [7, 11) is 3.66. The fourth-order valence-corrected chi connectivity index (χ4v) is 2.08. The van der Waals surface area contributed by atoms with E-state index in [2.05, 4.69) is 10.3 Å². The summed E-state index contributed by atoms with van der Waals surface area (Å²) in [5.41, 5.74) is 0.311. The third-order valence-electron chi connectivity index (χ3n) is 3.24. The molecular formula is C21H25N3O4. The van der Waals surface area contributed by atoms with Crippen LogP contribution in [-0.2, 0) is 4.74 Å². The number of nitrogens with one attached hydrogen (secondary N) is 1. The number of hydrogen-bond acceptors (Lipinski definition) is 6. The first-order chi connectivity index (χ1) is 13.1. The van der Waals surface area contributed by atoms with E-state index in [1.54, 1.807) is 68.3 Å². The topological polar surface area (TPSA) is 80.8 Å². The van der Waals surface area contributed by atoms with Crippen molar-refractivity contribution in [1.82, 2.24) is 9.88 Å². The van der Waals surface area contributed by atoms with Crippen LogP contribution in [0.4, 0.5) is 10.5 Å². The second-order valence-electron chi connectivity index (χ2n) is 7.27. The zero-order chi connectivity index (χ0) is 20.7. The number of benzene rings is 1. The average molecular weight is 383 g/mol. The van der Waals surface area contributed by atoms with E-state index >= 15 is 0 Å². The van der Waals surface area contributed by atoms with Crippen molar-refractivity contribution < 1.29 is 19.1 Å². The molecule has 0 aliphatic carbocycles. The Bertz CT molecular complexity index is 853. The van der Waals surface area contributed by atoms with Crippen molar-refractivity contribution in [1.29, 1.82) is 0 Å². The molecule has 2 rings (SSSR count). The molecule has 1 N–H and O–H groups in total. The van der Waals surface area contributed by atoms with Gasteiger partial charge in [0.15, 0.2) is 0 Å². The third kappa shape index (κ3) is 7.11. The van der Waals surface area contributed by atoms with E-state index in [4.69, 9.17) is 9.47 Å². The smallest absolute Gasteiger partial charge is 0.412 e. The standard InChI is InChI=1S/C21H25N3O4/c1-21(2,3)28-20(26)23-15-6-8-16(9-7-15)27-17-10-12-22-18(14-17)19(25)11-13-24(4)5/h6-14H,1-5H3,(H,23,26). The number of anilines is 1. The maximum atomic E-state index is 12.1. The van der Waals surface area contributed by atoms with Crippen molar-refractivity contribution >= 4 is 17.6 Å². The Balaban J connectivity index is 2.01. The first-order valence-electron chi connectivity index (χ1n) is 8.75. The van der Waals surface area contributed by atoms with E-state index in [0.717, 1.165) is 0 Å². The summed E-state index contributed by atoms with van der Waals surface area (Å²) < 4.78 is 11.0. The zero-order valence-electron chi connectivity index (χ0n) is 16.7. The van der Waals surface area contributed by atoms with E-state index in [1.807, 2.05) is 14.1 Å². The molecule has 2 aromatic rings. The molecule has 1 aromatic carbocycles. The summed E-state index contributed by atoms with van der Waals surface area (Å²) >= 11 is 0. The van der Waals surface area contributed by atoms with Crippen LogP contribution >= 0.6 is 0 Å². The molecule has 0 atom stereocenters. The van der Waals surface area contributed by atoms with Gasteiger partial charge in [-0.05, 0) is 51.1 Å². The SMILES string of the molecule is CN(C)C=CC(=O)c1cc(Oc2ccc(NC(=O)OC(C)(C)C)cc2)ccn1. The minimum Gasteiger partial charge on any atom is -0.457 e. The van der Waals surface area contributed by atoms with Crippen LogP contribution in [0, 0.1) is 0 Å². The van der Waals surface area contributed by atoms with Gasteiger partial charge in [-0.1, -0.05) is 0 Å². The number of carbonyl (C=O) groups is 2. The number of ether oxygens (including phenoxy) is 2. The molecule has 7 nitrogen and oxygen atoms in total. The Morgan fingerprint density at radius 2 is 1.75 bits per heavy atom. The van der Waals surface area contributed by atoms with Gasteiger partial charge in [0, 0.05) is 44.3 Å². The molecule has 0 spiro atoms. The largest absolute Gasteiger partial charge is 0.457 e. The number of hydrogen-bond donors (Lipinski definition) is 1. The lowest BCUT2D eigenvalue weighted by atomic mass is 10.2. The summed E-state index contributed by atoms with van der Waals surface area (Å²) in [5, 5.41) is 2.65. The van der Waals surface area contributed by atoms with E-state index < -0.39 is 11.7 Å². The zero-order valence-corrected chi connectivity index (χ0v) is 16.7. The Hall–Kier alpha value is -3.35. The molecule has 148 valence electrons. The van der Waals surface area contributed by atoms with Gasteiger partial charge < -0.3 is 14.4 Å². The number of nitrogens with zero attached hydrogens (tertiary/aromatic N) is 2. The summed E-state index contributed by atoms with van der Waals surface area (Å²) in [6.07, 6.45) is 4.10. The van der Waals surface area contributed by atoms with Crippen LogP contribution in [-0.4, -0.2) is 41.5 Å². The third-order valence-corrected chi connectivity index (χ3v) is 3.24. The number of aromatic nitrogens is 1. The summed E-state index contributed by atoms with van der Waals surface area (Å²) in [6, 6.07) is 10.1. The average Bonchev–Trinajstić information content (AvgIpc) is 2.60. The van der Waals surface area contributed by atoms with Crippen molar-refractivity contribution in [3.63, 3.8) is 0 Å². The molecule has 1 heterocycles. The predicted molar refractivity (Wildman–Crippen MR) is 108 cm³/mol. The molecule has 0 saturated carbocycles. The molecule has 0 bridgehead atoms. The highest BCUT2D eigenvalue weighted by Gasteiger charge is 2.16. The normalized spacial score (nSPS) is 11.2. The van der Waals surface area contributed by atoms with Gasteiger partial charge in [0.25, 0.3) is 0 Å². The number of carbonyl (C=O) groups excluding carboxylic acids is 2. The van der Waals surface area contributed by atoms with Gasteiger partial charge in [-0.15, -0.1) is 0 Å². The van der Waals surface area contributed by atoms with Gasteiger partial charge in [-0.2, -0.15) is 0 Å². The Morgan fingerprint density at radius 3 is 2.36 bits per heavy atom. The maximum absolute atomic E-state index is 12.1. The Kier molecular flexibility index (Phi) is 6.76. The quantitative estimate of drug-likeness (QED) is 0.585. The molecule has 0 aliphatic heterocycles. The van der Waals surface area contributed by atoms with Crippen LogP contribution in [0.25, 0.3) is 0 Å². The first kappa shape index (κ1) is 21.0. The number of allylic oxidation sites excluding steroid dienone is 1. The number of ketones is 1. The molecule has 1 amide bonds. The van der Waals surface area contributed by atoms with Crippen LogP contribution in [0.2, 0.25) is 0 Å². The van der Waals surface area contributed by atoms with E-state index in [1.165, 1.54) is 12.3 Å². The van der Waals surface area contributed by atoms with E-state index in [0.29, 0.717) is 22.9 Å². The molecule has 0 saturated heterocycles. The highest BCUT2D eigenvalue weighted by atomic mass is 16.6. The van der Waals surface area contributed by atoms with Crippen LogP contribution in [0.5, 0.6) is 11.5 Å². The van der Waals surface area contributed by atoms with E-state index in [-0.39, 0.29) is 5.78 Å². The fraction of sp³-hybridized carbons (Fsp3) is 0.286. The van der Waals surface area contributed by atoms with Gasteiger partial charge in [0.05, 0.1) is 0 Å². The van der Waals surface area contributed by atoms with Crippen molar-refractivity contribution in [2.75, 3.05) is 19.4 Å². The highest BCUT2D eigenvalue weighted by Crippen LogP contribution is 2.23. The van der Waals surface area contributed by atoms with E-state index in [9.17, 15) is 9.59 Å². The number of pyridine rings is 1. The molecular weight excluding hydrogens is 358 g/mol. The van der Waals surface area contributed by atoms with Gasteiger partial charge in [-0.25, -0.2) is 4.79 Å². The second-order valence-corrected chi connectivity index (χ2v) is 7.27. The Morgan fingerprint density at radius 1 is 1.07 bits per heavy atom. The minimum atomic E-state index is -0.564. The lowest BCUT2D eigenvalue weighted by molar-refractivity contribution is 0.0635. The summed E-state index contributed by atoms with van der Waals surface area (Å²) in [4.78, 5) is 29.7. The van der Waals surface area contributed by atoms with Gasteiger partial charge in [0.1, 0.15) is 22.8 Å². The molecule has 0 aliphatic rings. The minimum absolute atomic E-state index is 0.212.